The van der Waals surface area contributed by atoms with Crippen LogP contribution in [0.3, 0.4) is 0 Å². The van der Waals surface area contributed by atoms with Crippen LogP contribution in [0.25, 0.3) is 0 Å². The average molecular weight is 430 g/mol. The molecule has 0 bridgehead atoms. The van der Waals surface area contributed by atoms with Gasteiger partial charge in [-0.3, -0.25) is 4.79 Å². The fourth-order valence-electron chi connectivity index (χ4n) is 3.21. The van der Waals surface area contributed by atoms with Crippen LogP contribution < -0.4 is 20.1 Å². The predicted octanol–water partition coefficient (Wildman–Crippen LogP) is 4.07. The quantitative estimate of drug-likeness (QED) is 0.454. The lowest BCUT2D eigenvalue weighted by atomic mass is 10.0. The van der Waals surface area contributed by atoms with Crippen LogP contribution in [-0.4, -0.2) is 53.9 Å². The molecule has 0 radical (unpaired) electrons. The Bertz CT molecular complexity index is 1010. The SMILES string of the molecule is CN(C)c1ccc(C(=O)NN=C(c2ccc(N(C)C)cc2)c2ccc(N(C)C)cc2)cc1. The van der Waals surface area contributed by atoms with Crippen molar-refractivity contribution in [3.63, 3.8) is 0 Å². The maximum atomic E-state index is 12.7. The van der Waals surface area contributed by atoms with Gasteiger partial charge in [0.05, 0.1) is 5.71 Å². The van der Waals surface area contributed by atoms with Gasteiger partial charge in [0, 0.05) is 76.0 Å². The first-order valence-corrected chi connectivity index (χ1v) is 10.5. The van der Waals surface area contributed by atoms with E-state index in [0.29, 0.717) is 11.3 Å². The zero-order valence-corrected chi connectivity index (χ0v) is 19.6. The first kappa shape index (κ1) is 22.9. The second-order valence-corrected chi connectivity index (χ2v) is 8.23. The number of hydrogen-bond donors (Lipinski definition) is 1. The van der Waals surface area contributed by atoms with E-state index in [0.717, 1.165) is 28.2 Å². The lowest BCUT2D eigenvalue weighted by Crippen LogP contribution is -2.21. The van der Waals surface area contributed by atoms with Crippen molar-refractivity contribution in [1.82, 2.24) is 5.43 Å². The van der Waals surface area contributed by atoms with E-state index in [4.69, 9.17) is 0 Å². The number of carbonyl (C=O) groups excluding carboxylic acids is 1. The predicted molar refractivity (Wildman–Crippen MR) is 135 cm³/mol. The topological polar surface area (TPSA) is 51.2 Å². The lowest BCUT2D eigenvalue weighted by Gasteiger charge is -2.15. The molecule has 0 aliphatic rings. The Hall–Kier alpha value is -3.80. The molecule has 6 heteroatoms. The molecule has 0 aromatic heterocycles. The zero-order valence-electron chi connectivity index (χ0n) is 19.6. The molecule has 0 heterocycles. The average Bonchev–Trinajstić information content (AvgIpc) is 2.79. The second-order valence-electron chi connectivity index (χ2n) is 8.23. The van der Waals surface area contributed by atoms with E-state index in [9.17, 15) is 4.79 Å². The number of rotatable bonds is 7. The molecule has 1 amide bonds. The summed E-state index contributed by atoms with van der Waals surface area (Å²) in [5.74, 6) is -0.248. The standard InChI is InChI=1S/C26H31N5O/c1-29(2)22-13-7-19(8-14-22)25(20-9-15-23(16-10-20)30(3)4)27-28-26(32)21-11-17-24(18-12-21)31(5)6/h7-18H,1-6H3,(H,28,32). The van der Waals surface area contributed by atoms with Crippen molar-refractivity contribution in [2.24, 2.45) is 5.10 Å². The van der Waals surface area contributed by atoms with E-state index >= 15 is 0 Å². The third kappa shape index (κ3) is 5.46. The summed E-state index contributed by atoms with van der Waals surface area (Å²) in [6, 6.07) is 23.7. The molecule has 3 aromatic rings. The maximum Gasteiger partial charge on any atom is 0.271 e. The van der Waals surface area contributed by atoms with Gasteiger partial charge in [-0.15, -0.1) is 0 Å². The molecule has 0 unspecified atom stereocenters. The van der Waals surface area contributed by atoms with Gasteiger partial charge in [-0.2, -0.15) is 5.10 Å². The number of nitrogens with zero attached hydrogens (tertiary/aromatic N) is 4. The Labute approximate surface area is 190 Å². The maximum absolute atomic E-state index is 12.7. The van der Waals surface area contributed by atoms with Crippen LogP contribution >= 0.6 is 0 Å². The molecular formula is C26H31N5O. The van der Waals surface area contributed by atoms with Crippen LogP contribution in [0.15, 0.2) is 77.9 Å². The highest BCUT2D eigenvalue weighted by atomic mass is 16.2. The molecule has 0 atom stereocenters. The molecule has 0 spiro atoms. The monoisotopic (exact) mass is 429 g/mol. The minimum atomic E-state index is -0.248. The Balaban J connectivity index is 1.92. The highest BCUT2D eigenvalue weighted by molar-refractivity contribution is 6.13. The molecule has 32 heavy (non-hydrogen) atoms. The van der Waals surface area contributed by atoms with Crippen LogP contribution in [0.5, 0.6) is 0 Å². The highest BCUT2D eigenvalue weighted by Crippen LogP contribution is 2.19. The highest BCUT2D eigenvalue weighted by Gasteiger charge is 2.11. The van der Waals surface area contributed by atoms with Crippen LogP contribution in [0, 0.1) is 0 Å². The summed E-state index contributed by atoms with van der Waals surface area (Å²) in [7, 11) is 12.0. The normalized spacial score (nSPS) is 10.3. The second kappa shape index (κ2) is 10.0. The Kier molecular flexibility index (Phi) is 7.15. The molecule has 0 saturated carbocycles. The smallest absolute Gasteiger partial charge is 0.271 e. The molecule has 166 valence electrons. The van der Waals surface area contributed by atoms with Gasteiger partial charge in [0.2, 0.25) is 0 Å². The van der Waals surface area contributed by atoms with Gasteiger partial charge in [-0.25, -0.2) is 5.43 Å². The molecule has 3 aromatic carbocycles. The number of amides is 1. The fourth-order valence-corrected chi connectivity index (χ4v) is 3.21. The van der Waals surface area contributed by atoms with Crippen molar-refractivity contribution in [3.8, 4) is 0 Å². The van der Waals surface area contributed by atoms with Gasteiger partial charge in [-0.1, -0.05) is 24.3 Å². The molecule has 0 fully saturated rings. The van der Waals surface area contributed by atoms with Gasteiger partial charge >= 0.3 is 0 Å². The third-order valence-electron chi connectivity index (χ3n) is 5.23. The Morgan fingerprint density at radius 1 is 0.562 bits per heavy atom. The van der Waals surface area contributed by atoms with Crippen molar-refractivity contribution in [2.75, 3.05) is 57.0 Å². The minimum absolute atomic E-state index is 0.248. The van der Waals surface area contributed by atoms with Gasteiger partial charge in [0.1, 0.15) is 0 Å². The van der Waals surface area contributed by atoms with Crippen LogP contribution in [0.4, 0.5) is 17.1 Å². The largest absolute Gasteiger partial charge is 0.378 e. The van der Waals surface area contributed by atoms with Crippen molar-refractivity contribution in [2.45, 2.75) is 0 Å². The van der Waals surface area contributed by atoms with E-state index in [2.05, 4.69) is 10.5 Å². The van der Waals surface area contributed by atoms with Crippen molar-refractivity contribution in [3.05, 3.63) is 89.5 Å². The molecule has 3 rings (SSSR count). The fraction of sp³-hybridized carbons (Fsp3) is 0.231. The molecule has 0 aliphatic heterocycles. The summed E-state index contributed by atoms with van der Waals surface area (Å²) in [6.07, 6.45) is 0. The Morgan fingerprint density at radius 2 is 0.875 bits per heavy atom. The minimum Gasteiger partial charge on any atom is -0.378 e. The molecule has 0 saturated heterocycles. The van der Waals surface area contributed by atoms with Gasteiger partial charge in [0.15, 0.2) is 0 Å². The number of benzene rings is 3. The third-order valence-corrected chi connectivity index (χ3v) is 5.23. The lowest BCUT2D eigenvalue weighted by molar-refractivity contribution is 0.0955. The Morgan fingerprint density at radius 3 is 1.19 bits per heavy atom. The van der Waals surface area contributed by atoms with E-state index < -0.39 is 0 Å². The number of anilines is 3. The molecular weight excluding hydrogens is 398 g/mol. The number of nitrogens with one attached hydrogen (secondary N) is 1. The van der Waals surface area contributed by atoms with E-state index in [-0.39, 0.29) is 5.91 Å². The van der Waals surface area contributed by atoms with Crippen LogP contribution in [-0.2, 0) is 0 Å². The number of hydrazone groups is 1. The summed E-state index contributed by atoms with van der Waals surface area (Å²) in [6.45, 7) is 0. The van der Waals surface area contributed by atoms with Crippen molar-refractivity contribution >= 4 is 28.7 Å². The summed E-state index contributed by atoms with van der Waals surface area (Å²) in [4.78, 5) is 18.8. The van der Waals surface area contributed by atoms with E-state index in [1.54, 1.807) is 12.1 Å². The van der Waals surface area contributed by atoms with E-state index in [1.165, 1.54) is 0 Å². The van der Waals surface area contributed by atoms with Gasteiger partial charge in [0.25, 0.3) is 5.91 Å². The molecule has 1 N–H and O–H groups in total. The summed E-state index contributed by atoms with van der Waals surface area (Å²) >= 11 is 0. The number of hydrogen-bond acceptors (Lipinski definition) is 5. The molecule has 0 aliphatic carbocycles. The molecule has 6 nitrogen and oxygen atoms in total. The summed E-state index contributed by atoms with van der Waals surface area (Å²) in [5, 5.41) is 4.53. The summed E-state index contributed by atoms with van der Waals surface area (Å²) in [5.41, 5.74) is 9.09. The summed E-state index contributed by atoms with van der Waals surface area (Å²) < 4.78 is 0. The van der Waals surface area contributed by atoms with Crippen molar-refractivity contribution < 1.29 is 4.79 Å². The van der Waals surface area contributed by atoms with Crippen molar-refractivity contribution in [1.29, 1.82) is 0 Å². The number of carbonyl (C=O) groups is 1. The first-order chi connectivity index (χ1) is 15.3. The van der Waals surface area contributed by atoms with Gasteiger partial charge in [-0.05, 0) is 48.5 Å². The van der Waals surface area contributed by atoms with Crippen LogP contribution in [0.1, 0.15) is 21.5 Å². The van der Waals surface area contributed by atoms with Crippen LogP contribution in [0.2, 0.25) is 0 Å². The zero-order chi connectivity index (χ0) is 23.3. The van der Waals surface area contributed by atoms with Gasteiger partial charge < -0.3 is 14.7 Å². The first-order valence-electron chi connectivity index (χ1n) is 10.5. The van der Waals surface area contributed by atoms with E-state index in [1.807, 2.05) is 118 Å².